The van der Waals surface area contributed by atoms with Crippen molar-refractivity contribution in [2.75, 3.05) is 11.9 Å². The summed E-state index contributed by atoms with van der Waals surface area (Å²) >= 11 is 0. The van der Waals surface area contributed by atoms with Crippen LogP contribution in [0.25, 0.3) is 0 Å². The van der Waals surface area contributed by atoms with Gasteiger partial charge in [-0.05, 0) is 24.8 Å². The van der Waals surface area contributed by atoms with Crippen LogP contribution in [0.15, 0.2) is 18.5 Å². The normalized spacial score (nSPS) is 26.9. The van der Waals surface area contributed by atoms with E-state index in [0.29, 0.717) is 11.6 Å². The number of hydrogen-bond acceptors (Lipinski definition) is 4. The number of aliphatic hydroxyl groups excluding tert-OH is 1. The molecule has 0 saturated heterocycles. The second-order valence-corrected chi connectivity index (χ2v) is 5.49. The summed E-state index contributed by atoms with van der Waals surface area (Å²) in [6.45, 7) is 2.16. The maximum Gasteiger partial charge on any atom is 0.337 e. The number of anilines is 1. The minimum Gasteiger partial charge on any atom is -0.478 e. The number of pyridine rings is 1. The molecule has 1 saturated carbocycles. The van der Waals surface area contributed by atoms with Gasteiger partial charge in [-0.3, -0.25) is 4.98 Å². The number of nitrogens with zero attached hydrogens (tertiary/aromatic N) is 1. The first-order valence-corrected chi connectivity index (χ1v) is 6.63. The van der Waals surface area contributed by atoms with Crippen LogP contribution in [0.3, 0.4) is 0 Å². The van der Waals surface area contributed by atoms with E-state index in [9.17, 15) is 15.0 Å². The molecule has 2 unspecified atom stereocenters. The van der Waals surface area contributed by atoms with Crippen molar-refractivity contribution in [1.29, 1.82) is 0 Å². The molecule has 104 valence electrons. The van der Waals surface area contributed by atoms with Gasteiger partial charge >= 0.3 is 5.97 Å². The predicted octanol–water partition coefficient (Wildman–Crippen LogP) is 2.13. The molecule has 0 bridgehead atoms. The Bertz CT molecular complexity index is 464. The second-order valence-electron chi connectivity index (χ2n) is 5.49. The molecule has 3 N–H and O–H groups in total. The number of rotatable bonds is 4. The van der Waals surface area contributed by atoms with E-state index in [-0.39, 0.29) is 12.2 Å². The SMILES string of the molecule is CC1CCCC(CO)(Nc2cnccc2C(=O)O)C1. The third-order valence-corrected chi connectivity index (χ3v) is 3.85. The van der Waals surface area contributed by atoms with Crippen molar-refractivity contribution in [2.45, 2.75) is 38.1 Å². The predicted molar refractivity (Wildman–Crippen MR) is 72.3 cm³/mol. The van der Waals surface area contributed by atoms with Gasteiger partial charge in [0.15, 0.2) is 0 Å². The van der Waals surface area contributed by atoms with Crippen LogP contribution < -0.4 is 5.32 Å². The van der Waals surface area contributed by atoms with Gasteiger partial charge in [-0.1, -0.05) is 19.8 Å². The molecule has 1 heterocycles. The maximum atomic E-state index is 11.2. The highest BCUT2D eigenvalue weighted by atomic mass is 16.4. The summed E-state index contributed by atoms with van der Waals surface area (Å²) in [5.74, 6) is -0.458. The van der Waals surface area contributed by atoms with Gasteiger partial charge in [0, 0.05) is 6.20 Å². The number of carbonyl (C=O) groups is 1. The van der Waals surface area contributed by atoms with E-state index >= 15 is 0 Å². The van der Waals surface area contributed by atoms with Gasteiger partial charge in [0.05, 0.1) is 29.6 Å². The summed E-state index contributed by atoms with van der Waals surface area (Å²) in [7, 11) is 0. The second kappa shape index (κ2) is 5.57. The zero-order valence-electron chi connectivity index (χ0n) is 11.1. The molecule has 2 rings (SSSR count). The highest BCUT2D eigenvalue weighted by Gasteiger charge is 2.35. The number of carboxylic acids is 1. The minimum absolute atomic E-state index is 0.00525. The summed E-state index contributed by atoms with van der Waals surface area (Å²) in [5, 5.41) is 22.1. The summed E-state index contributed by atoms with van der Waals surface area (Å²) in [5.41, 5.74) is 0.254. The lowest BCUT2D eigenvalue weighted by molar-refractivity contribution is 0.0697. The Hall–Kier alpha value is -1.62. The van der Waals surface area contributed by atoms with Crippen molar-refractivity contribution in [3.8, 4) is 0 Å². The van der Waals surface area contributed by atoms with E-state index in [0.717, 1.165) is 25.7 Å². The van der Waals surface area contributed by atoms with E-state index in [1.807, 2.05) is 0 Å². The lowest BCUT2D eigenvalue weighted by Crippen LogP contribution is -2.46. The van der Waals surface area contributed by atoms with Crippen LogP contribution in [0.4, 0.5) is 5.69 Å². The molecule has 1 aliphatic carbocycles. The Morgan fingerprint density at radius 2 is 2.42 bits per heavy atom. The molecule has 5 heteroatoms. The first kappa shape index (κ1) is 13.8. The number of aliphatic hydroxyl groups is 1. The zero-order valence-corrected chi connectivity index (χ0v) is 11.1. The van der Waals surface area contributed by atoms with Crippen molar-refractivity contribution in [2.24, 2.45) is 5.92 Å². The third kappa shape index (κ3) is 3.04. The quantitative estimate of drug-likeness (QED) is 0.776. The van der Waals surface area contributed by atoms with E-state index in [2.05, 4.69) is 17.2 Å². The zero-order chi connectivity index (χ0) is 13.9. The average Bonchev–Trinajstić information content (AvgIpc) is 2.39. The van der Waals surface area contributed by atoms with Crippen LogP contribution in [-0.2, 0) is 0 Å². The smallest absolute Gasteiger partial charge is 0.337 e. The molecule has 1 aromatic rings. The van der Waals surface area contributed by atoms with Gasteiger partial charge in [-0.25, -0.2) is 4.79 Å². The van der Waals surface area contributed by atoms with E-state index in [1.54, 1.807) is 0 Å². The molecule has 0 aliphatic heterocycles. The lowest BCUT2D eigenvalue weighted by atomic mass is 9.76. The topological polar surface area (TPSA) is 82.5 Å². The fraction of sp³-hybridized carbons (Fsp3) is 0.571. The molecular formula is C14H20N2O3. The monoisotopic (exact) mass is 264 g/mol. The molecule has 1 fully saturated rings. The van der Waals surface area contributed by atoms with Crippen LogP contribution in [0.5, 0.6) is 0 Å². The van der Waals surface area contributed by atoms with Crippen molar-refractivity contribution >= 4 is 11.7 Å². The lowest BCUT2D eigenvalue weighted by Gasteiger charge is -2.40. The third-order valence-electron chi connectivity index (χ3n) is 3.85. The van der Waals surface area contributed by atoms with Crippen LogP contribution in [0.2, 0.25) is 0 Å². The number of aromatic nitrogens is 1. The molecule has 19 heavy (non-hydrogen) atoms. The van der Waals surface area contributed by atoms with Crippen molar-refractivity contribution < 1.29 is 15.0 Å². The largest absolute Gasteiger partial charge is 0.478 e. The summed E-state index contributed by atoms with van der Waals surface area (Å²) in [4.78, 5) is 15.2. The first-order chi connectivity index (χ1) is 9.06. The van der Waals surface area contributed by atoms with Gasteiger partial charge in [-0.15, -0.1) is 0 Å². The Morgan fingerprint density at radius 3 is 3.05 bits per heavy atom. The van der Waals surface area contributed by atoms with Gasteiger partial charge < -0.3 is 15.5 Å². The molecule has 5 nitrogen and oxygen atoms in total. The fourth-order valence-electron chi connectivity index (χ4n) is 2.92. The number of nitrogens with one attached hydrogen (secondary N) is 1. The molecule has 0 spiro atoms. The summed E-state index contributed by atoms with van der Waals surface area (Å²) in [6, 6.07) is 1.47. The van der Waals surface area contributed by atoms with Crippen molar-refractivity contribution in [3.05, 3.63) is 24.0 Å². The molecule has 1 aromatic heterocycles. The Labute approximate surface area is 112 Å². The Balaban J connectivity index is 2.25. The highest BCUT2D eigenvalue weighted by Crippen LogP contribution is 2.35. The first-order valence-electron chi connectivity index (χ1n) is 6.63. The van der Waals surface area contributed by atoms with Gasteiger partial charge in [0.2, 0.25) is 0 Å². The number of carboxylic acid groups (broad SMARTS) is 1. The molecule has 2 atom stereocenters. The standard InChI is InChI=1S/C14H20N2O3/c1-10-3-2-5-14(7-10,9-17)16-12-8-15-6-4-11(12)13(18)19/h4,6,8,10,16-17H,2-3,5,7,9H2,1H3,(H,18,19). The molecule has 0 amide bonds. The van der Waals surface area contributed by atoms with Gasteiger partial charge in [0.1, 0.15) is 0 Å². The molecule has 0 aromatic carbocycles. The van der Waals surface area contributed by atoms with E-state index < -0.39 is 11.5 Å². The Morgan fingerprint density at radius 1 is 1.63 bits per heavy atom. The van der Waals surface area contributed by atoms with Crippen LogP contribution in [0, 0.1) is 5.92 Å². The van der Waals surface area contributed by atoms with Gasteiger partial charge in [-0.2, -0.15) is 0 Å². The Kier molecular flexibility index (Phi) is 4.04. The van der Waals surface area contributed by atoms with Crippen molar-refractivity contribution in [1.82, 2.24) is 4.98 Å². The fourth-order valence-corrected chi connectivity index (χ4v) is 2.92. The van der Waals surface area contributed by atoms with E-state index in [1.165, 1.54) is 18.5 Å². The van der Waals surface area contributed by atoms with E-state index in [4.69, 9.17) is 0 Å². The number of hydrogen-bond donors (Lipinski definition) is 3. The number of aromatic carboxylic acids is 1. The maximum absolute atomic E-state index is 11.2. The van der Waals surface area contributed by atoms with Crippen LogP contribution in [-0.4, -0.2) is 33.3 Å². The van der Waals surface area contributed by atoms with Crippen LogP contribution in [0.1, 0.15) is 43.0 Å². The molecule has 1 aliphatic rings. The average molecular weight is 264 g/mol. The van der Waals surface area contributed by atoms with Crippen molar-refractivity contribution in [3.63, 3.8) is 0 Å². The van der Waals surface area contributed by atoms with Gasteiger partial charge in [0.25, 0.3) is 0 Å². The highest BCUT2D eigenvalue weighted by molar-refractivity contribution is 5.94. The molecular weight excluding hydrogens is 244 g/mol. The summed E-state index contributed by atoms with van der Waals surface area (Å²) in [6.07, 6.45) is 6.86. The van der Waals surface area contributed by atoms with Crippen LogP contribution >= 0.6 is 0 Å². The molecule has 0 radical (unpaired) electrons. The minimum atomic E-state index is -0.984. The summed E-state index contributed by atoms with van der Waals surface area (Å²) < 4.78 is 0.